The minimum Gasteiger partial charge on any atom is -0.493 e. The molecule has 0 unspecified atom stereocenters. The Hall–Kier alpha value is -3.28. The number of furan rings is 1. The highest BCUT2D eigenvalue weighted by atomic mass is 16.5. The van der Waals surface area contributed by atoms with Gasteiger partial charge < -0.3 is 18.6 Å². The molecule has 0 fully saturated rings. The van der Waals surface area contributed by atoms with Gasteiger partial charge in [-0.25, -0.2) is 4.79 Å². The van der Waals surface area contributed by atoms with Crippen molar-refractivity contribution < 1.29 is 28.2 Å². The second-order valence-corrected chi connectivity index (χ2v) is 5.22. The highest BCUT2D eigenvalue weighted by molar-refractivity contribution is 6.00. The molecule has 0 radical (unpaired) electrons. The minimum absolute atomic E-state index is 0.154. The lowest BCUT2D eigenvalue weighted by atomic mass is 10.2. The van der Waals surface area contributed by atoms with Gasteiger partial charge in [0, 0.05) is 5.39 Å². The molecule has 3 rings (SSSR count). The zero-order valence-electron chi connectivity index (χ0n) is 13.8. The minimum atomic E-state index is -0.634. The van der Waals surface area contributed by atoms with Crippen LogP contribution in [0.25, 0.3) is 11.0 Å². The van der Waals surface area contributed by atoms with Crippen molar-refractivity contribution in [1.82, 2.24) is 0 Å². The third-order valence-electron chi connectivity index (χ3n) is 3.65. The Morgan fingerprint density at radius 2 is 1.72 bits per heavy atom. The van der Waals surface area contributed by atoms with Crippen molar-refractivity contribution in [2.75, 3.05) is 20.8 Å². The Kier molecular flexibility index (Phi) is 4.70. The molecule has 1 aromatic heterocycles. The van der Waals surface area contributed by atoms with Crippen LogP contribution in [0.2, 0.25) is 0 Å². The van der Waals surface area contributed by atoms with Crippen LogP contribution in [0.3, 0.4) is 0 Å². The lowest BCUT2D eigenvalue weighted by Crippen LogP contribution is -2.14. The zero-order chi connectivity index (χ0) is 17.8. The van der Waals surface area contributed by atoms with Crippen molar-refractivity contribution in [3.8, 4) is 11.5 Å². The molecule has 0 atom stereocenters. The fraction of sp³-hybridized carbons (Fsp3) is 0.158. The molecule has 128 valence electrons. The highest BCUT2D eigenvalue weighted by Crippen LogP contribution is 2.27. The molecule has 0 saturated carbocycles. The molecule has 2 aromatic carbocycles. The van der Waals surface area contributed by atoms with Crippen molar-refractivity contribution >= 4 is 22.7 Å². The maximum atomic E-state index is 12.2. The standard InChI is InChI=1S/C19H16O6/c1-22-16-8-7-13(10-18(16)23-2)19(21)24-11-14(20)17-9-12-5-3-4-6-15(12)25-17/h3-10H,11H2,1-2H3. The molecule has 0 aliphatic carbocycles. The number of hydrogen-bond acceptors (Lipinski definition) is 6. The van der Waals surface area contributed by atoms with E-state index >= 15 is 0 Å². The maximum Gasteiger partial charge on any atom is 0.338 e. The molecule has 3 aromatic rings. The van der Waals surface area contributed by atoms with Crippen LogP contribution in [0.5, 0.6) is 11.5 Å². The quantitative estimate of drug-likeness (QED) is 0.505. The van der Waals surface area contributed by atoms with Crippen LogP contribution < -0.4 is 9.47 Å². The number of carbonyl (C=O) groups excluding carboxylic acids is 2. The van der Waals surface area contributed by atoms with Crippen LogP contribution >= 0.6 is 0 Å². The average Bonchev–Trinajstić information content (AvgIpc) is 3.09. The number of rotatable bonds is 6. The number of Topliss-reactive ketones (excluding diaryl/α,β-unsaturated/α-hetero) is 1. The third kappa shape index (κ3) is 3.47. The van der Waals surface area contributed by atoms with Crippen molar-refractivity contribution in [2.45, 2.75) is 0 Å². The predicted molar refractivity (Wildman–Crippen MR) is 90.4 cm³/mol. The summed E-state index contributed by atoms with van der Waals surface area (Å²) in [5.41, 5.74) is 0.868. The summed E-state index contributed by atoms with van der Waals surface area (Å²) in [6.07, 6.45) is 0. The fourth-order valence-corrected chi connectivity index (χ4v) is 2.37. The summed E-state index contributed by atoms with van der Waals surface area (Å²) in [6, 6.07) is 13.5. The van der Waals surface area contributed by atoms with Gasteiger partial charge in [0.1, 0.15) is 5.58 Å². The van der Waals surface area contributed by atoms with Crippen LogP contribution in [-0.2, 0) is 4.74 Å². The lowest BCUT2D eigenvalue weighted by Gasteiger charge is -2.09. The monoisotopic (exact) mass is 340 g/mol. The van der Waals surface area contributed by atoms with E-state index in [0.717, 1.165) is 5.39 Å². The van der Waals surface area contributed by atoms with Gasteiger partial charge in [-0.2, -0.15) is 0 Å². The first-order valence-corrected chi connectivity index (χ1v) is 7.53. The van der Waals surface area contributed by atoms with Crippen molar-refractivity contribution in [1.29, 1.82) is 0 Å². The van der Waals surface area contributed by atoms with Gasteiger partial charge in [-0.1, -0.05) is 18.2 Å². The molecule has 1 heterocycles. The summed E-state index contributed by atoms with van der Waals surface area (Å²) in [6.45, 7) is -0.410. The van der Waals surface area contributed by atoms with E-state index < -0.39 is 18.4 Å². The largest absolute Gasteiger partial charge is 0.493 e. The Morgan fingerprint density at radius 1 is 0.960 bits per heavy atom. The van der Waals surface area contributed by atoms with Crippen LogP contribution in [-0.4, -0.2) is 32.6 Å². The first kappa shape index (κ1) is 16.6. The number of para-hydroxylation sites is 1. The summed E-state index contributed by atoms with van der Waals surface area (Å²) in [4.78, 5) is 24.3. The van der Waals surface area contributed by atoms with E-state index in [-0.39, 0.29) is 11.3 Å². The summed E-state index contributed by atoms with van der Waals surface area (Å²) in [5.74, 6) is 0.00900. The number of esters is 1. The first-order chi connectivity index (χ1) is 12.1. The summed E-state index contributed by atoms with van der Waals surface area (Å²) >= 11 is 0. The van der Waals surface area contributed by atoms with E-state index in [0.29, 0.717) is 17.1 Å². The van der Waals surface area contributed by atoms with Crippen molar-refractivity contribution in [2.24, 2.45) is 0 Å². The van der Waals surface area contributed by atoms with E-state index in [1.54, 1.807) is 18.2 Å². The van der Waals surface area contributed by atoms with Gasteiger partial charge in [0.15, 0.2) is 23.9 Å². The van der Waals surface area contributed by atoms with E-state index in [4.69, 9.17) is 18.6 Å². The molecular weight excluding hydrogens is 324 g/mol. The number of ether oxygens (including phenoxy) is 3. The Bertz CT molecular complexity index is 892. The van der Waals surface area contributed by atoms with Gasteiger partial charge >= 0.3 is 5.97 Å². The molecule has 0 spiro atoms. The van der Waals surface area contributed by atoms with E-state index in [1.807, 2.05) is 18.2 Å². The molecule has 0 saturated heterocycles. The molecule has 0 aliphatic heterocycles. The molecule has 0 amide bonds. The molecule has 6 heteroatoms. The van der Waals surface area contributed by atoms with Crippen LogP contribution in [0.1, 0.15) is 20.9 Å². The predicted octanol–water partition coefficient (Wildman–Crippen LogP) is 3.49. The first-order valence-electron chi connectivity index (χ1n) is 7.53. The van der Waals surface area contributed by atoms with Crippen molar-refractivity contribution in [3.05, 3.63) is 59.9 Å². The Morgan fingerprint density at radius 3 is 2.44 bits per heavy atom. The van der Waals surface area contributed by atoms with Gasteiger partial charge in [-0.15, -0.1) is 0 Å². The summed E-state index contributed by atoms with van der Waals surface area (Å²) < 4.78 is 20.8. The second kappa shape index (κ2) is 7.09. The van der Waals surface area contributed by atoms with Gasteiger partial charge in [0.2, 0.25) is 5.78 Å². The number of fused-ring (bicyclic) bond motifs is 1. The number of ketones is 1. The maximum absolute atomic E-state index is 12.2. The molecule has 25 heavy (non-hydrogen) atoms. The molecule has 0 N–H and O–H groups in total. The van der Waals surface area contributed by atoms with Gasteiger partial charge in [0.25, 0.3) is 0 Å². The molecular formula is C19H16O6. The molecule has 0 aliphatic rings. The number of carbonyl (C=O) groups is 2. The van der Waals surface area contributed by atoms with E-state index in [2.05, 4.69) is 0 Å². The van der Waals surface area contributed by atoms with Gasteiger partial charge in [-0.3, -0.25) is 4.79 Å². The molecule has 6 nitrogen and oxygen atoms in total. The fourth-order valence-electron chi connectivity index (χ4n) is 2.37. The topological polar surface area (TPSA) is 75.0 Å². The second-order valence-electron chi connectivity index (χ2n) is 5.22. The van der Waals surface area contributed by atoms with E-state index in [9.17, 15) is 9.59 Å². The normalized spacial score (nSPS) is 10.5. The highest BCUT2D eigenvalue weighted by Gasteiger charge is 2.17. The zero-order valence-corrected chi connectivity index (χ0v) is 13.8. The summed E-state index contributed by atoms with van der Waals surface area (Å²) in [5, 5.41) is 0.817. The number of hydrogen-bond donors (Lipinski definition) is 0. The van der Waals surface area contributed by atoms with Crippen LogP contribution in [0.4, 0.5) is 0 Å². The van der Waals surface area contributed by atoms with Gasteiger partial charge in [0.05, 0.1) is 19.8 Å². The van der Waals surface area contributed by atoms with Crippen LogP contribution in [0, 0.1) is 0 Å². The Labute approximate surface area is 143 Å². The third-order valence-corrected chi connectivity index (χ3v) is 3.65. The van der Waals surface area contributed by atoms with Crippen molar-refractivity contribution in [3.63, 3.8) is 0 Å². The number of benzene rings is 2. The SMILES string of the molecule is COc1ccc(C(=O)OCC(=O)c2cc3ccccc3o2)cc1OC. The van der Waals surface area contributed by atoms with Gasteiger partial charge in [-0.05, 0) is 30.3 Å². The smallest absolute Gasteiger partial charge is 0.338 e. The van der Waals surface area contributed by atoms with Crippen LogP contribution in [0.15, 0.2) is 52.9 Å². The average molecular weight is 340 g/mol. The Balaban J connectivity index is 1.68. The van der Waals surface area contributed by atoms with E-state index in [1.165, 1.54) is 26.4 Å². The lowest BCUT2D eigenvalue weighted by molar-refractivity contribution is 0.0468. The molecule has 0 bridgehead atoms. The summed E-state index contributed by atoms with van der Waals surface area (Å²) in [7, 11) is 2.97. The number of methoxy groups -OCH3 is 2.